The van der Waals surface area contributed by atoms with Crippen molar-refractivity contribution in [2.24, 2.45) is 0 Å². The molecule has 10 heteroatoms. The molecule has 0 aromatic heterocycles. The second kappa shape index (κ2) is 8.70. The molecule has 0 heterocycles. The minimum Gasteiger partial charge on any atom is -0.477 e. The predicted octanol–water partition coefficient (Wildman–Crippen LogP) is 2.35. The highest BCUT2D eigenvalue weighted by Gasteiger charge is 2.19. The highest BCUT2D eigenvalue weighted by Crippen LogP contribution is 2.27. The van der Waals surface area contributed by atoms with Crippen LogP contribution in [0.15, 0.2) is 42.5 Å². The minimum atomic E-state index is -0.765. The van der Waals surface area contributed by atoms with Crippen LogP contribution in [0.4, 0.5) is 20.2 Å². The summed E-state index contributed by atoms with van der Waals surface area (Å²) in [6, 6.07) is 7.69. The van der Waals surface area contributed by atoms with E-state index in [2.05, 4.69) is 5.32 Å². The van der Waals surface area contributed by atoms with Gasteiger partial charge < -0.3 is 15.0 Å². The van der Waals surface area contributed by atoms with Crippen molar-refractivity contribution in [2.75, 3.05) is 25.5 Å². The number of anilines is 1. The molecule has 0 saturated heterocycles. The second-order valence-electron chi connectivity index (χ2n) is 5.46. The molecule has 2 aromatic carbocycles. The fraction of sp³-hybridized carbons (Fsp3) is 0.176. The number of hydrogen-bond donors (Lipinski definition) is 1. The lowest BCUT2D eigenvalue weighted by Crippen LogP contribution is -2.37. The fourth-order valence-corrected chi connectivity index (χ4v) is 2.04. The van der Waals surface area contributed by atoms with Crippen molar-refractivity contribution in [3.63, 3.8) is 0 Å². The molecule has 27 heavy (non-hydrogen) atoms. The van der Waals surface area contributed by atoms with Crippen molar-refractivity contribution >= 4 is 23.2 Å². The maximum Gasteiger partial charge on any atom is 0.311 e. The number of ether oxygens (including phenoxy) is 1. The van der Waals surface area contributed by atoms with Crippen LogP contribution >= 0.6 is 0 Å². The van der Waals surface area contributed by atoms with Gasteiger partial charge in [-0.25, -0.2) is 8.78 Å². The predicted molar refractivity (Wildman–Crippen MR) is 91.2 cm³/mol. The van der Waals surface area contributed by atoms with Crippen molar-refractivity contribution in [1.29, 1.82) is 0 Å². The van der Waals surface area contributed by atoms with E-state index in [4.69, 9.17) is 4.74 Å². The summed E-state index contributed by atoms with van der Waals surface area (Å²) < 4.78 is 31.1. The molecular formula is C17H15F2N3O5. The number of likely N-dealkylation sites (N-methyl/N-ethyl adjacent to an activating group) is 1. The summed E-state index contributed by atoms with van der Waals surface area (Å²) in [6.45, 7) is -0.949. The molecule has 2 rings (SSSR count). The van der Waals surface area contributed by atoms with Gasteiger partial charge in [-0.15, -0.1) is 0 Å². The lowest BCUT2D eigenvalue weighted by molar-refractivity contribution is -0.385. The topological polar surface area (TPSA) is 102 Å². The number of rotatable bonds is 7. The Morgan fingerprint density at radius 2 is 1.78 bits per heavy atom. The third-order valence-corrected chi connectivity index (χ3v) is 3.40. The molecule has 0 aliphatic heterocycles. The third kappa shape index (κ3) is 5.73. The Kier molecular flexibility index (Phi) is 6.36. The van der Waals surface area contributed by atoms with Crippen LogP contribution in [0.25, 0.3) is 0 Å². The van der Waals surface area contributed by atoms with E-state index in [0.717, 1.165) is 23.1 Å². The van der Waals surface area contributed by atoms with E-state index in [1.807, 2.05) is 0 Å². The summed E-state index contributed by atoms with van der Waals surface area (Å²) >= 11 is 0. The Bertz CT molecular complexity index is 858. The highest BCUT2D eigenvalue weighted by atomic mass is 19.1. The van der Waals surface area contributed by atoms with Gasteiger partial charge >= 0.3 is 5.69 Å². The van der Waals surface area contributed by atoms with Crippen molar-refractivity contribution < 1.29 is 28.0 Å². The normalized spacial score (nSPS) is 10.2. The van der Waals surface area contributed by atoms with E-state index in [0.29, 0.717) is 5.69 Å². The van der Waals surface area contributed by atoms with Gasteiger partial charge in [-0.1, -0.05) is 0 Å². The molecule has 0 atom stereocenters. The van der Waals surface area contributed by atoms with Gasteiger partial charge in [0.05, 0.1) is 11.5 Å². The van der Waals surface area contributed by atoms with Gasteiger partial charge in [-0.3, -0.25) is 19.7 Å². The molecule has 0 saturated carbocycles. The third-order valence-electron chi connectivity index (χ3n) is 3.40. The molecule has 2 amide bonds. The molecule has 0 radical (unpaired) electrons. The first-order valence-electron chi connectivity index (χ1n) is 7.62. The average Bonchev–Trinajstić information content (AvgIpc) is 2.61. The van der Waals surface area contributed by atoms with Gasteiger partial charge in [-0.05, 0) is 30.3 Å². The number of amides is 2. The zero-order valence-corrected chi connectivity index (χ0v) is 14.1. The van der Waals surface area contributed by atoms with Crippen LogP contribution in [0, 0.1) is 21.7 Å². The van der Waals surface area contributed by atoms with Crippen molar-refractivity contribution in [2.45, 2.75) is 0 Å². The van der Waals surface area contributed by atoms with Gasteiger partial charge in [0.25, 0.3) is 5.91 Å². The number of nitrogens with one attached hydrogen (secondary N) is 1. The Hall–Kier alpha value is -3.56. The number of carbonyl (C=O) groups is 2. The zero-order chi connectivity index (χ0) is 20.0. The largest absolute Gasteiger partial charge is 0.477 e. The second-order valence-corrected chi connectivity index (χ2v) is 5.46. The number of nitro benzene ring substituents is 1. The quantitative estimate of drug-likeness (QED) is 0.588. The highest BCUT2D eigenvalue weighted by molar-refractivity contribution is 5.94. The molecule has 0 aliphatic rings. The van der Waals surface area contributed by atoms with Gasteiger partial charge in [-0.2, -0.15) is 0 Å². The minimum absolute atomic E-state index is 0.329. The van der Waals surface area contributed by atoms with E-state index in [1.165, 1.54) is 31.3 Å². The molecular weight excluding hydrogens is 364 g/mol. The Morgan fingerprint density at radius 3 is 2.41 bits per heavy atom. The maximum absolute atomic E-state index is 13.2. The average molecular weight is 379 g/mol. The molecule has 142 valence electrons. The Labute approximate surface area is 152 Å². The molecule has 0 spiro atoms. The fourth-order valence-electron chi connectivity index (χ4n) is 2.04. The molecule has 0 aliphatic carbocycles. The Morgan fingerprint density at radius 1 is 1.15 bits per heavy atom. The van der Waals surface area contributed by atoms with Crippen LogP contribution < -0.4 is 10.1 Å². The molecule has 2 aromatic rings. The molecule has 0 fully saturated rings. The van der Waals surface area contributed by atoms with Crippen LogP contribution in [0.1, 0.15) is 0 Å². The summed E-state index contributed by atoms with van der Waals surface area (Å²) in [5.41, 5.74) is -0.130. The summed E-state index contributed by atoms with van der Waals surface area (Å²) in [7, 11) is 1.33. The SMILES string of the molecule is CN(CC(=O)Nc1ccc(F)cc1)C(=O)COc1cc(F)ccc1[N+](=O)[O-]. The van der Waals surface area contributed by atoms with Gasteiger partial charge in [0, 0.05) is 24.9 Å². The van der Waals surface area contributed by atoms with E-state index < -0.39 is 46.4 Å². The number of nitro groups is 1. The molecule has 0 unspecified atom stereocenters. The van der Waals surface area contributed by atoms with Crippen LogP contribution in [0.2, 0.25) is 0 Å². The summed E-state index contributed by atoms with van der Waals surface area (Å²) in [5.74, 6) is -2.78. The van der Waals surface area contributed by atoms with Gasteiger partial charge in [0.15, 0.2) is 6.61 Å². The van der Waals surface area contributed by atoms with E-state index in [1.54, 1.807) is 0 Å². The van der Waals surface area contributed by atoms with Crippen molar-refractivity contribution in [3.8, 4) is 5.75 Å². The van der Waals surface area contributed by atoms with Gasteiger partial charge in [0.2, 0.25) is 11.7 Å². The van der Waals surface area contributed by atoms with Crippen LogP contribution in [0.5, 0.6) is 5.75 Å². The maximum atomic E-state index is 13.2. The monoisotopic (exact) mass is 379 g/mol. The molecule has 8 nitrogen and oxygen atoms in total. The van der Waals surface area contributed by atoms with Crippen molar-refractivity contribution in [1.82, 2.24) is 4.90 Å². The van der Waals surface area contributed by atoms with E-state index in [9.17, 15) is 28.5 Å². The number of carbonyl (C=O) groups excluding carboxylic acids is 2. The van der Waals surface area contributed by atoms with Crippen molar-refractivity contribution in [3.05, 3.63) is 64.2 Å². The molecule has 1 N–H and O–H groups in total. The summed E-state index contributed by atoms with van der Waals surface area (Å²) in [5, 5.41) is 13.4. The molecule has 0 bridgehead atoms. The number of benzene rings is 2. The number of halogens is 2. The summed E-state index contributed by atoms with van der Waals surface area (Å²) in [6.07, 6.45) is 0. The first kappa shape index (κ1) is 19.8. The lowest BCUT2D eigenvalue weighted by Gasteiger charge is -2.17. The lowest BCUT2D eigenvalue weighted by atomic mass is 10.3. The number of nitrogens with zero attached hydrogens (tertiary/aromatic N) is 2. The van der Waals surface area contributed by atoms with E-state index in [-0.39, 0.29) is 6.54 Å². The Balaban J connectivity index is 1.90. The van der Waals surface area contributed by atoms with E-state index >= 15 is 0 Å². The van der Waals surface area contributed by atoms with Gasteiger partial charge in [0.1, 0.15) is 11.6 Å². The van der Waals surface area contributed by atoms with Crippen LogP contribution in [0.3, 0.4) is 0 Å². The van der Waals surface area contributed by atoms with Crippen LogP contribution in [-0.2, 0) is 9.59 Å². The van der Waals surface area contributed by atoms with Crippen LogP contribution in [-0.4, -0.2) is 41.8 Å². The number of hydrogen-bond acceptors (Lipinski definition) is 5. The zero-order valence-electron chi connectivity index (χ0n) is 14.1. The first-order chi connectivity index (χ1) is 12.8. The first-order valence-corrected chi connectivity index (χ1v) is 7.62. The smallest absolute Gasteiger partial charge is 0.311 e. The standard InChI is InChI=1S/C17H15F2N3O5/c1-21(9-16(23)20-13-5-2-11(18)3-6-13)17(24)10-27-15-8-12(19)4-7-14(15)22(25)26/h2-8H,9-10H2,1H3,(H,20,23). The summed E-state index contributed by atoms with van der Waals surface area (Å²) in [4.78, 5) is 35.1.